The van der Waals surface area contributed by atoms with E-state index in [0.717, 1.165) is 16.7 Å². The molecule has 0 unspecified atom stereocenters. The van der Waals surface area contributed by atoms with Gasteiger partial charge >= 0.3 is 0 Å². The average Bonchev–Trinajstić information content (AvgIpc) is 2.98. The van der Waals surface area contributed by atoms with Gasteiger partial charge in [-0.2, -0.15) is 0 Å². The molecule has 1 N–H and O–H groups in total. The zero-order valence-electron chi connectivity index (χ0n) is 15.9. The predicted octanol–water partition coefficient (Wildman–Crippen LogP) is 3.02. The van der Waals surface area contributed by atoms with Crippen molar-refractivity contribution in [3.63, 3.8) is 0 Å². The Balaban J connectivity index is 1.71. The lowest BCUT2D eigenvalue weighted by molar-refractivity contribution is -0.121. The molecule has 0 bridgehead atoms. The van der Waals surface area contributed by atoms with E-state index in [1.54, 1.807) is 11.8 Å². The number of amides is 1. The van der Waals surface area contributed by atoms with Gasteiger partial charge in [-0.1, -0.05) is 25.6 Å². The summed E-state index contributed by atoms with van der Waals surface area (Å²) < 4.78 is 14.8. The zero-order valence-corrected chi connectivity index (χ0v) is 16.7. The minimum atomic E-state index is -0.390. The molecule has 1 aromatic carbocycles. The normalized spacial score (nSPS) is 11.0. The molecule has 0 atom stereocenters. The van der Waals surface area contributed by atoms with Crippen LogP contribution in [0.1, 0.15) is 42.9 Å². The Bertz CT molecular complexity index is 775. The fraction of sp³-hybridized carbons (Fsp3) is 0.474. The molecule has 0 saturated carbocycles. The second kappa shape index (κ2) is 10.2. The Morgan fingerprint density at radius 3 is 2.56 bits per heavy atom. The number of carbonyl (C=O) groups is 2. The first kappa shape index (κ1) is 21.1. The maximum Gasteiger partial charge on any atom is 0.220 e. The number of nitrogens with one attached hydrogen (secondary N) is 1. The van der Waals surface area contributed by atoms with Crippen molar-refractivity contribution in [2.24, 2.45) is 13.0 Å². The van der Waals surface area contributed by atoms with Gasteiger partial charge in [0.25, 0.3) is 0 Å². The van der Waals surface area contributed by atoms with Crippen molar-refractivity contribution in [1.82, 2.24) is 20.1 Å². The summed E-state index contributed by atoms with van der Waals surface area (Å²) in [6, 6.07) is 5.33. The van der Waals surface area contributed by atoms with Crippen LogP contribution in [0.2, 0.25) is 0 Å². The smallest absolute Gasteiger partial charge is 0.220 e. The molecule has 8 heteroatoms. The Hall–Kier alpha value is -2.22. The Morgan fingerprint density at radius 2 is 1.89 bits per heavy atom. The van der Waals surface area contributed by atoms with Gasteiger partial charge in [0, 0.05) is 44.2 Å². The molecule has 0 aliphatic heterocycles. The fourth-order valence-electron chi connectivity index (χ4n) is 2.34. The number of aromatic nitrogens is 3. The maximum atomic E-state index is 12.9. The third-order valence-corrected chi connectivity index (χ3v) is 5.33. The van der Waals surface area contributed by atoms with Crippen molar-refractivity contribution in [2.45, 2.75) is 38.3 Å². The van der Waals surface area contributed by atoms with E-state index in [2.05, 4.69) is 29.4 Å². The molecule has 2 aromatic rings. The van der Waals surface area contributed by atoms with E-state index in [1.807, 2.05) is 11.6 Å². The van der Waals surface area contributed by atoms with Crippen LogP contribution in [-0.4, -0.2) is 38.8 Å². The van der Waals surface area contributed by atoms with Crippen LogP contribution in [0, 0.1) is 11.7 Å². The van der Waals surface area contributed by atoms with E-state index >= 15 is 0 Å². The molecule has 0 aliphatic carbocycles. The summed E-state index contributed by atoms with van der Waals surface area (Å²) >= 11 is 1.67. The number of hydrogen-bond donors (Lipinski definition) is 1. The van der Waals surface area contributed by atoms with Gasteiger partial charge in [0.15, 0.2) is 10.9 Å². The van der Waals surface area contributed by atoms with Crippen LogP contribution in [0.25, 0.3) is 0 Å². The molecule has 0 fully saturated rings. The summed E-state index contributed by atoms with van der Waals surface area (Å²) in [5.41, 5.74) is 0.412. The van der Waals surface area contributed by atoms with Crippen LogP contribution in [0.5, 0.6) is 0 Å². The van der Waals surface area contributed by atoms with Crippen LogP contribution in [0.4, 0.5) is 4.39 Å². The molecular weight excluding hydrogens is 367 g/mol. The van der Waals surface area contributed by atoms with Crippen LogP contribution in [0.15, 0.2) is 29.4 Å². The lowest BCUT2D eigenvalue weighted by atomic mass is 10.1. The molecule has 146 valence electrons. The summed E-state index contributed by atoms with van der Waals surface area (Å²) in [6.45, 7) is 4.74. The third kappa shape index (κ3) is 6.78. The lowest BCUT2D eigenvalue weighted by Crippen LogP contribution is -2.26. The van der Waals surface area contributed by atoms with Gasteiger partial charge in [0.05, 0.1) is 0 Å². The highest BCUT2D eigenvalue weighted by atomic mass is 32.2. The number of carbonyl (C=O) groups excluding carboxylic acids is 2. The van der Waals surface area contributed by atoms with Crippen molar-refractivity contribution in [2.75, 3.05) is 12.3 Å². The van der Waals surface area contributed by atoms with Gasteiger partial charge in [-0.05, 0) is 30.2 Å². The van der Waals surface area contributed by atoms with Gasteiger partial charge in [-0.3, -0.25) is 9.59 Å². The third-order valence-electron chi connectivity index (χ3n) is 3.89. The summed E-state index contributed by atoms with van der Waals surface area (Å²) in [5, 5.41) is 12.0. The number of halogens is 1. The van der Waals surface area contributed by atoms with Gasteiger partial charge in [-0.15, -0.1) is 10.2 Å². The largest absolute Gasteiger partial charge is 0.356 e. The molecule has 0 aliphatic rings. The minimum Gasteiger partial charge on any atom is -0.356 e. The number of rotatable bonds is 10. The van der Waals surface area contributed by atoms with Gasteiger partial charge < -0.3 is 9.88 Å². The van der Waals surface area contributed by atoms with Crippen LogP contribution in [0.3, 0.4) is 0 Å². The first-order valence-electron chi connectivity index (χ1n) is 8.93. The molecule has 2 rings (SSSR count). The number of nitrogens with zero attached hydrogens (tertiary/aromatic N) is 3. The van der Waals surface area contributed by atoms with Gasteiger partial charge in [0.1, 0.15) is 11.6 Å². The molecular formula is C19H25FN4O2S. The van der Waals surface area contributed by atoms with Crippen molar-refractivity contribution in [3.05, 3.63) is 41.5 Å². The van der Waals surface area contributed by atoms with Crippen molar-refractivity contribution in [1.29, 1.82) is 0 Å². The van der Waals surface area contributed by atoms with E-state index in [0.29, 0.717) is 24.4 Å². The summed E-state index contributed by atoms with van der Waals surface area (Å²) in [6.07, 6.45) is 0.769. The van der Waals surface area contributed by atoms with E-state index in [4.69, 9.17) is 0 Å². The van der Waals surface area contributed by atoms with E-state index in [-0.39, 0.29) is 30.3 Å². The number of Topliss-reactive ketones (excluding diaryl/α,β-unsaturated/α-hetero) is 1. The SMILES string of the molecule is CC(C)CSc1nnc(CCNC(=O)CCC(=O)c2ccc(F)cc2)n1C. The summed E-state index contributed by atoms with van der Waals surface area (Å²) in [7, 11) is 1.92. The first-order chi connectivity index (χ1) is 12.9. The Labute approximate surface area is 162 Å². The Kier molecular flexibility index (Phi) is 7.97. The van der Waals surface area contributed by atoms with Crippen molar-refractivity contribution < 1.29 is 14.0 Å². The highest BCUT2D eigenvalue weighted by molar-refractivity contribution is 7.99. The van der Waals surface area contributed by atoms with E-state index in [1.165, 1.54) is 24.3 Å². The highest BCUT2D eigenvalue weighted by Gasteiger charge is 2.12. The van der Waals surface area contributed by atoms with Crippen molar-refractivity contribution >= 4 is 23.5 Å². The summed E-state index contributed by atoms with van der Waals surface area (Å²) in [4.78, 5) is 23.9. The maximum absolute atomic E-state index is 12.9. The molecule has 0 radical (unpaired) electrons. The topological polar surface area (TPSA) is 76.9 Å². The molecule has 0 saturated heterocycles. The Morgan fingerprint density at radius 1 is 1.19 bits per heavy atom. The molecule has 6 nitrogen and oxygen atoms in total. The van der Waals surface area contributed by atoms with Crippen molar-refractivity contribution in [3.8, 4) is 0 Å². The van der Waals surface area contributed by atoms with Gasteiger partial charge in [0.2, 0.25) is 5.91 Å². The monoisotopic (exact) mass is 392 g/mol. The number of benzene rings is 1. The van der Waals surface area contributed by atoms with Gasteiger partial charge in [-0.25, -0.2) is 4.39 Å². The first-order valence-corrected chi connectivity index (χ1v) is 9.92. The quantitative estimate of drug-likeness (QED) is 0.497. The minimum absolute atomic E-state index is 0.0947. The van der Waals surface area contributed by atoms with Crippen LogP contribution < -0.4 is 5.32 Å². The van der Waals surface area contributed by atoms with E-state index in [9.17, 15) is 14.0 Å². The number of hydrogen-bond acceptors (Lipinski definition) is 5. The van der Waals surface area contributed by atoms with Crippen LogP contribution in [-0.2, 0) is 18.3 Å². The molecule has 1 heterocycles. The highest BCUT2D eigenvalue weighted by Crippen LogP contribution is 2.18. The molecule has 0 spiro atoms. The second-order valence-electron chi connectivity index (χ2n) is 6.69. The van der Waals surface area contributed by atoms with Crippen LogP contribution >= 0.6 is 11.8 Å². The molecule has 1 aromatic heterocycles. The second-order valence-corrected chi connectivity index (χ2v) is 7.68. The zero-order chi connectivity index (χ0) is 19.8. The van der Waals surface area contributed by atoms with E-state index < -0.39 is 0 Å². The average molecular weight is 393 g/mol. The predicted molar refractivity (Wildman–Crippen MR) is 103 cm³/mol. The lowest BCUT2D eigenvalue weighted by Gasteiger charge is -2.07. The molecule has 1 amide bonds. The summed E-state index contributed by atoms with van der Waals surface area (Å²) in [5.74, 6) is 1.60. The number of thioether (sulfide) groups is 1. The standard InChI is InChI=1S/C19H25FN4O2S/c1-13(2)12-27-19-23-22-17(24(19)3)10-11-21-18(26)9-8-16(25)14-4-6-15(20)7-5-14/h4-7,13H,8-12H2,1-3H3,(H,21,26). The number of ketones is 1. The molecule has 27 heavy (non-hydrogen) atoms. The fourth-order valence-corrected chi connectivity index (χ4v) is 3.22.